The van der Waals surface area contributed by atoms with Crippen molar-refractivity contribution >= 4 is 0 Å². The molecule has 1 heterocycles. The second-order valence-corrected chi connectivity index (χ2v) is 5.41. The van der Waals surface area contributed by atoms with E-state index in [4.69, 9.17) is 10.5 Å². The summed E-state index contributed by atoms with van der Waals surface area (Å²) >= 11 is 0. The van der Waals surface area contributed by atoms with Crippen molar-refractivity contribution in [3.05, 3.63) is 65.0 Å². The summed E-state index contributed by atoms with van der Waals surface area (Å²) in [5.41, 5.74) is 9.48. The minimum absolute atomic E-state index is 0.0323. The number of fused-ring (bicyclic) bond motifs is 1. The van der Waals surface area contributed by atoms with Gasteiger partial charge in [-0.15, -0.1) is 0 Å². The molecule has 2 unspecified atom stereocenters. The molecule has 3 heteroatoms. The van der Waals surface area contributed by atoms with Crippen LogP contribution in [0.1, 0.15) is 16.7 Å². The molecule has 0 aromatic heterocycles. The highest BCUT2D eigenvalue weighted by molar-refractivity contribution is 5.38. The molecular weight excluding hydrogens is 253 g/mol. The molecule has 2 N–H and O–H groups in total. The van der Waals surface area contributed by atoms with Crippen molar-refractivity contribution in [2.24, 2.45) is 5.73 Å². The summed E-state index contributed by atoms with van der Waals surface area (Å²) < 4.78 is 19.2. The molecule has 0 aliphatic carbocycles. The Labute approximate surface area is 118 Å². The number of ether oxygens (including phenoxy) is 1. The van der Waals surface area contributed by atoms with Gasteiger partial charge in [0, 0.05) is 12.5 Å². The number of para-hydroxylation sites is 1. The molecule has 0 fully saturated rings. The van der Waals surface area contributed by atoms with E-state index < -0.39 is 0 Å². The predicted octanol–water partition coefficient (Wildman–Crippen LogP) is 3.01. The van der Waals surface area contributed by atoms with Crippen LogP contribution >= 0.6 is 0 Å². The Morgan fingerprint density at radius 3 is 2.90 bits per heavy atom. The van der Waals surface area contributed by atoms with Crippen molar-refractivity contribution in [1.29, 1.82) is 0 Å². The molecule has 104 valence electrons. The van der Waals surface area contributed by atoms with Gasteiger partial charge in [-0.05, 0) is 48.2 Å². The molecule has 2 aromatic rings. The third-order valence-electron chi connectivity index (χ3n) is 3.92. The number of halogens is 1. The average Bonchev–Trinajstić information content (AvgIpc) is 2.87. The molecule has 0 radical (unpaired) electrons. The number of aryl methyl sites for hydroxylation is 1. The van der Waals surface area contributed by atoms with Crippen LogP contribution in [0.15, 0.2) is 42.5 Å². The van der Waals surface area contributed by atoms with Gasteiger partial charge in [0.2, 0.25) is 0 Å². The number of hydrogen-bond acceptors (Lipinski definition) is 2. The molecular formula is C17H18FNO. The summed E-state index contributed by atoms with van der Waals surface area (Å²) in [6, 6.07) is 12.7. The first-order chi connectivity index (χ1) is 9.63. The van der Waals surface area contributed by atoms with E-state index in [1.165, 1.54) is 11.6 Å². The van der Waals surface area contributed by atoms with Crippen LogP contribution in [-0.4, -0.2) is 12.1 Å². The number of rotatable bonds is 3. The number of hydrogen-bond donors (Lipinski definition) is 1. The van der Waals surface area contributed by atoms with Crippen LogP contribution in [0.5, 0.6) is 5.75 Å². The predicted molar refractivity (Wildman–Crippen MR) is 77.4 cm³/mol. The van der Waals surface area contributed by atoms with Crippen molar-refractivity contribution in [2.75, 3.05) is 0 Å². The van der Waals surface area contributed by atoms with Crippen LogP contribution in [0.4, 0.5) is 4.39 Å². The molecule has 0 saturated heterocycles. The smallest absolute Gasteiger partial charge is 0.123 e. The van der Waals surface area contributed by atoms with Crippen molar-refractivity contribution in [2.45, 2.75) is 31.9 Å². The zero-order valence-corrected chi connectivity index (χ0v) is 11.5. The Morgan fingerprint density at radius 2 is 2.10 bits per heavy atom. The van der Waals surface area contributed by atoms with Crippen molar-refractivity contribution in [3.63, 3.8) is 0 Å². The Hall–Kier alpha value is -1.87. The largest absolute Gasteiger partial charge is 0.488 e. The third-order valence-corrected chi connectivity index (χ3v) is 3.92. The van der Waals surface area contributed by atoms with Crippen LogP contribution < -0.4 is 10.5 Å². The molecule has 0 amide bonds. The lowest BCUT2D eigenvalue weighted by Crippen LogP contribution is -2.39. The average molecular weight is 271 g/mol. The van der Waals surface area contributed by atoms with Crippen LogP contribution in [0, 0.1) is 12.7 Å². The maximum Gasteiger partial charge on any atom is 0.123 e. The van der Waals surface area contributed by atoms with Crippen LogP contribution in [-0.2, 0) is 12.8 Å². The van der Waals surface area contributed by atoms with Gasteiger partial charge in [-0.1, -0.05) is 24.3 Å². The summed E-state index contributed by atoms with van der Waals surface area (Å²) in [6.07, 6.45) is 1.42. The van der Waals surface area contributed by atoms with E-state index in [0.29, 0.717) is 6.42 Å². The van der Waals surface area contributed by atoms with E-state index in [0.717, 1.165) is 23.3 Å². The first kappa shape index (κ1) is 13.1. The van der Waals surface area contributed by atoms with Crippen LogP contribution in [0.3, 0.4) is 0 Å². The summed E-state index contributed by atoms with van der Waals surface area (Å²) in [5, 5.41) is 0. The third kappa shape index (κ3) is 2.54. The fourth-order valence-corrected chi connectivity index (χ4v) is 2.69. The summed E-state index contributed by atoms with van der Waals surface area (Å²) in [5.74, 6) is 0.706. The van der Waals surface area contributed by atoms with Gasteiger partial charge >= 0.3 is 0 Å². The van der Waals surface area contributed by atoms with Crippen LogP contribution in [0.25, 0.3) is 0 Å². The van der Waals surface area contributed by atoms with E-state index in [-0.39, 0.29) is 18.0 Å². The molecule has 0 spiro atoms. The van der Waals surface area contributed by atoms with Gasteiger partial charge in [0.15, 0.2) is 0 Å². The molecule has 2 nitrogen and oxygen atoms in total. The molecule has 2 atom stereocenters. The van der Waals surface area contributed by atoms with E-state index >= 15 is 0 Å². The van der Waals surface area contributed by atoms with Gasteiger partial charge in [-0.25, -0.2) is 4.39 Å². The fraction of sp³-hybridized carbons (Fsp3) is 0.294. The van der Waals surface area contributed by atoms with Gasteiger partial charge in [-0.3, -0.25) is 0 Å². The SMILES string of the molecule is Cc1ccc(F)cc1CC(N)C1Cc2ccccc2O1. The van der Waals surface area contributed by atoms with Gasteiger partial charge in [0.25, 0.3) is 0 Å². The Bertz CT molecular complexity index is 601. The lowest BCUT2D eigenvalue weighted by molar-refractivity contribution is 0.198. The van der Waals surface area contributed by atoms with Gasteiger partial charge in [-0.2, -0.15) is 0 Å². The first-order valence-corrected chi connectivity index (χ1v) is 6.88. The van der Waals surface area contributed by atoms with Crippen molar-refractivity contribution in [3.8, 4) is 5.75 Å². The van der Waals surface area contributed by atoms with E-state index in [1.54, 1.807) is 12.1 Å². The zero-order chi connectivity index (χ0) is 14.1. The van der Waals surface area contributed by atoms with Crippen molar-refractivity contribution < 1.29 is 9.13 Å². The lowest BCUT2D eigenvalue weighted by Gasteiger charge is -2.20. The number of nitrogens with two attached hydrogens (primary N) is 1. The number of benzene rings is 2. The first-order valence-electron chi connectivity index (χ1n) is 6.88. The van der Waals surface area contributed by atoms with E-state index in [2.05, 4.69) is 6.07 Å². The minimum atomic E-state index is -0.214. The Balaban J connectivity index is 1.72. The Morgan fingerprint density at radius 1 is 1.30 bits per heavy atom. The van der Waals surface area contributed by atoms with Crippen molar-refractivity contribution in [1.82, 2.24) is 0 Å². The second kappa shape index (κ2) is 5.25. The summed E-state index contributed by atoms with van der Waals surface area (Å²) in [6.45, 7) is 1.98. The van der Waals surface area contributed by atoms with Gasteiger partial charge in [0.05, 0.1) is 0 Å². The molecule has 2 aromatic carbocycles. The maximum atomic E-state index is 13.3. The molecule has 3 rings (SSSR count). The normalized spacial score (nSPS) is 18.4. The zero-order valence-electron chi connectivity index (χ0n) is 11.5. The quantitative estimate of drug-likeness (QED) is 0.931. The highest BCUT2D eigenvalue weighted by Gasteiger charge is 2.28. The Kier molecular flexibility index (Phi) is 3.45. The molecule has 0 saturated carbocycles. The van der Waals surface area contributed by atoms with E-state index in [1.807, 2.05) is 25.1 Å². The van der Waals surface area contributed by atoms with Gasteiger partial charge < -0.3 is 10.5 Å². The molecule has 0 bridgehead atoms. The second-order valence-electron chi connectivity index (χ2n) is 5.41. The summed E-state index contributed by atoms with van der Waals surface area (Å²) in [7, 11) is 0. The van der Waals surface area contributed by atoms with E-state index in [9.17, 15) is 4.39 Å². The van der Waals surface area contributed by atoms with Gasteiger partial charge in [0.1, 0.15) is 17.7 Å². The fourth-order valence-electron chi connectivity index (χ4n) is 2.69. The highest BCUT2D eigenvalue weighted by atomic mass is 19.1. The molecule has 1 aliphatic heterocycles. The standard InChI is InChI=1S/C17H18FNO/c1-11-6-7-14(18)8-13(11)9-15(19)17-10-12-4-2-3-5-16(12)20-17/h2-8,15,17H,9-10,19H2,1H3. The minimum Gasteiger partial charge on any atom is -0.488 e. The topological polar surface area (TPSA) is 35.2 Å². The molecule has 1 aliphatic rings. The van der Waals surface area contributed by atoms with Crippen LogP contribution in [0.2, 0.25) is 0 Å². The molecule has 20 heavy (non-hydrogen) atoms. The lowest BCUT2D eigenvalue weighted by atomic mass is 9.96. The summed E-state index contributed by atoms with van der Waals surface area (Å²) in [4.78, 5) is 0. The maximum absolute atomic E-state index is 13.3. The highest BCUT2D eigenvalue weighted by Crippen LogP contribution is 2.30. The monoisotopic (exact) mass is 271 g/mol.